The molecule has 0 unspecified atom stereocenters. The molecule has 32 heavy (non-hydrogen) atoms. The van der Waals surface area contributed by atoms with E-state index in [1.165, 1.54) is 32.6 Å². The first-order valence-electron chi connectivity index (χ1n) is 12.8. The molecule has 4 nitrogen and oxygen atoms in total. The van der Waals surface area contributed by atoms with Crippen LogP contribution in [0, 0.1) is 12.8 Å². The number of benzene rings is 1. The van der Waals surface area contributed by atoms with Gasteiger partial charge in [0, 0.05) is 0 Å². The van der Waals surface area contributed by atoms with Gasteiger partial charge in [-0.05, 0) is 0 Å². The first-order chi connectivity index (χ1) is 15.1. The van der Waals surface area contributed by atoms with Crippen LogP contribution >= 0.6 is 0 Å². The maximum absolute atomic E-state index is 14.1. The van der Waals surface area contributed by atoms with Crippen molar-refractivity contribution < 1.29 is 13.5 Å². The number of aliphatic hydroxyl groups is 1. The van der Waals surface area contributed by atoms with E-state index in [4.69, 9.17) is 0 Å². The zero-order valence-corrected chi connectivity index (χ0v) is 25.4. The monoisotopic (exact) mass is 575 g/mol. The van der Waals surface area contributed by atoms with Crippen molar-refractivity contribution in [3.63, 3.8) is 0 Å². The van der Waals surface area contributed by atoms with Crippen LogP contribution in [0.3, 0.4) is 0 Å². The van der Waals surface area contributed by atoms with Crippen molar-refractivity contribution in [3.05, 3.63) is 29.8 Å². The molecule has 0 saturated heterocycles. The van der Waals surface area contributed by atoms with E-state index < -0.39 is 34.4 Å². The van der Waals surface area contributed by atoms with Gasteiger partial charge in [0.05, 0.1) is 0 Å². The zero-order chi connectivity index (χ0) is 24.4. The fourth-order valence-corrected chi connectivity index (χ4v) is 26.3. The van der Waals surface area contributed by atoms with Gasteiger partial charge in [0.1, 0.15) is 0 Å². The van der Waals surface area contributed by atoms with Gasteiger partial charge in [-0.3, -0.25) is 0 Å². The van der Waals surface area contributed by atoms with Gasteiger partial charge in [0.15, 0.2) is 0 Å². The second-order valence-corrected chi connectivity index (χ2v) is 26.3. The second-order valence-electron chi connectivity index (χ2n) is 9.99. The van der Waals surface area contributed by atoms with Crippen LogP contribution in [0.15, 0.2) is 29.2 Å². The van der Waals surface area contributed by atoms with E-state index >= 15 is 0 Å². The molecule has 1 rings (SSSR count). The van der Waals surface area contributed by atoms with Crippen LogP contribution in [0.2, 0.25) is 13.3 Å². The van der Waals surface area contributed by atoms with Gasteiger partial charge >= 0.3 is 204 Å². The maximum atomic E-state index is 14.1. The number of rotatable bonds is 16. The molecule has 1 N–H and O–H groups in total. The van der Waals surface area contributed by atoms with E-state index in [-0.39, 0.29) is 16.6 Å². The quantitative estimate of drug-likeness (QED) is 0.222. The molecule has 0 aliphatic heterocycles. The summed E-state index contributed by atoms with van der Waals surface area (Å²) in [5.41, 5.74) is 1.05. The van der Waals surface area contributed by atoms with E-state index in [2.05, 4.69) is 27.7 Å². The number of aliphatic hydroxyl groups excluding tert-OH is 1. The summed E-state index contributed by atoms with van der Waals surface area (Å²) in [6, 6.07) is 6.83. The number of unbranched alkanes of at least 4 members (excludes halogenated alkanes) is 3. The molecule has 0 aromatic heterocycles. The molecule has 1 aromatic carbocycles. The molecule has 0 bridgehead atoms. The first kappa shape index (κ1) is 29.9. The normalized spacial score (nSPS) is 14.8. The predicted molar refractivity (Wildman–Crippen MR) is 140 cm³/mol. The molecule has 6 heteroatoms. The molecule has 0 heterocycles. The Morgan fingerprint density at radius 3 is 1.66 bits per heavy atom. The van der Waals surface area contributed by atoms with Crippen LogP contribution < -0.4 is 0 Å². The van der Waals surface area contributed by atoms with Crippen LogP contribution in [-0.2, 0) is 10.0 Å². The van der Waals surface area contributed by atoms with Crippen LogP contribution in [0.1, 0.15) is 85.6 Å². The standard InChI is InChI=1S/C14H22NO3S.3C4H9.Sn/c1-5-15(14(10-16)11(2)3)19(17,18)13-8-6-12(4)7-9-13;3*1-3-4-2;/h5-9,11,14,16H,10H2,1-4H3;3*1,3-4H2,2H3;/t14-;;;;/m1..../s1. The van der Waals surface area contributed by atoms with Gasteiger partial charge in [-0.25, -0.2) is 0 Å². The molecule has 0 aliphatic carbocycles. The number of hydrogen-bond donors (Lipinski definition) is 1. The van der Waals surface area contributed by atoms with Crippen molar-refractivity contribution in [2.75, 3.05) is 6.61 Å². The van der Waals surface area contributed by atoms with Crippen molar-refractivity contribution in [2.45, 2.75) is 115 Å². The van der Waals surface area contributed by atoms with E-state index in [1.54, 1.807) is 16.4 Å². The Bertz CT molecular complexity index is 727. The Labute approximate surface area is 203 Å². The molecule has 0 amide bonds. The molecule has 0 fully saturated rings. The van der Waals surface area contributed by atoms with Crippen LogP contribution in [0.25, 0.3) is 0 Å². The summed E-state index contributed by atoms with van der Waals surface area (Å²) < 4.78 is 33.7. The molecule has 0 saturated carbocycles. The van der Waals surface area contributed by atoms with Crippen molar-refractivity contribution in [2.24, 2.45) is 5.92 Å². The summed E-state index contributed by atoms with van der Waals surface area (Å²) in [7, 11) is -3.71. The van der Waals surface area contributed by atoms with E-state index in [0.717, 1.165) is 24.8 Å². The Balaban J connectivity index is 3.65. The average Bonchev–Trinajstić information content (AvgIpc) is 2.76. The molecular formula is C26H49NO3SSn. The zero-order valence-electron chi connectivity index (χ0n) is 21.7. The van der Waals surface area contributed by atoms with E-state index in [1.807, 2.05) is 32.9 Å². The summed E-state index contributed by atoms with van der Waals surface area (Å²) >= 11 is -2.93. The Morgan fingerprint density at radius 2 is 1.31 bits per heavy atom. The molecule has 0 radical (unpaired) electrons. The molecular weight excluding hydrogens is 525 g/mol. The van der Waals surface area contributed by atoms with Crippen LogP contribution in [0.5, 0.6) is 0 Å². The number of nitrogens with zero attached hydrogens (tertiary/aromatic N) is 1. The van der Waals surface area contributed by atoms with Crippen molar-refractivity contribution in [1.82, 2.24) is 4.31 Å². The molecule has 186 valence electrons. The fraction of sp³-hybridized carbons (Fsp3) is 0.769. The minimum atomic E-state index is -3.71. The number of sulfonamides is 1. The van der Waals surface area contributed by atoms with Gasteiger partial charge in [0.25, 0.3) is 0 Å². The predicted octanol–water partition coefficient (Wildman–Crippen LogP) is 6.78. The van der Waals surface area contributed by atoms with Gasteiger partial charge in [-0.2, -0.15) is 0 Å². The van der Waals surface area contributed by atoms with Gasteiger partial charge in [-0.15, -0.1) is 0 Å². The fourth-order valence-electron chi connectivity index (χ4n) is 4.95. The van der Waals surface area contributed by atoms with Gasteiger partial charge in [-0.1, -0.05) is 0 Å². The van der Waals surface area contributed by atoms with E-state index in [9.17, 15) is 13.5 Å². The molecule has 1 aromatic rings. The second kappa shape index (κ2) is 14.3. The van der Waals surface area contributed by atoms with Crippen molar-refractivity contribution in [3.8, 4) is 0 Å². The van der Waals surface area contributed by atoms with Gasteiger partial charge in [0.2, 0.25) is 0 Å². The van der Waals surface area contributed by atoms with Gasteiger partial charge < -0.3 is 0 Å². The summed E-state index contributed by atoms with van der Waals surface area (Å²) in [5.74, 6) is 0.0511. The molecule has 2 atom stereocenters. The van der Waals surface area contributed by atoms with Crippen molar-refractivity contribution >= 4 is 28.4 Å². The third kappa shape index (κ3) is 7.71. The van der Waals surface area contributed by atoms with Crippen LogP contribution in [0.4, 0.5) is 0 Å². The Hall–Kier alpha value is -0.111. The molecule has 0 spiro atoms. The Morgan fingerprint density at radius 1 is 0.875 bits per heavy atom. The minimum absolute atomic E-state index is 0.0276. The third-order valence-corrected chi connectivity index (χ3v) is 27.2. The topological polar surface area (TPSA) is 57.6 Å². The van der Waals surface area contributed by atoms with Crippen molar-refractivity contribution in [1.29, 1.82) is 0 Å². The number of aryl methyl sites for hydroxylation is 1. The number of hydrogen-bond acceptors (Lipinski definition) is 3. The summed E-state index contributed by atoms with van der Waals surface area (Å²) in [6.07, 6.45) is 7.04. The average molecular weight is 574 g/mol. The summed E-state index contributed by atoms with van der Waals surface area (Å²) in [6.45, 7) is 14.8. The summed E-state index contributed by atoms with van der Waals surface area (Å²) in [5, 5.41) is 10.4. The SMILES string of the molecule is CCC[CH2][Sn]([CH2]CCC)([CH2]CCC)[C@H](C)N([C@H](CO)C(C)C)S(=O)(=O)c1ccc(C)cc1. The molecule has 0 aliphatic rings. The Kier molecular flexibility index (Phi) is 13.4. The first-order valence-corrected chi connectivity index (χ1v) is 22.0. The summed E-state index contributed by atoms with van der Waals surface area (Å²) in [4.78, 5) is 0.357. The van der Waals surface area contributed by atoms with Crippen LogP contribution in [-0.4, -0.2) is 52.9 Å². The van der Waals surface area contributed by atoms with E-state index in [0.29, 0.717) is 4.90 Å². The third-order valence-electron chi connectivity index (χ3n) is 7.23.